The maximum absolute atomic E-state index is 13.7. The third-order valence-electron chi connectivity index (χ3n) is 2.77. The van der Waals surface area contributed by atoms with Gasteiger partial charge in [-0.15, -0.1) is 0 Å². The van der Waals surface area contributed by atoms with Gasteiger partial charge in [-0.1, -0.05) is 6.07 Å². The second-order valence-electron chi connectivity index (χ2n) is 4.18. The SMILES string of the molecule is COc1ccc(CNc2c(F)cc(C(=O)O)cc2F)cn1. The Labute approximate surface area is 119 Å². The summed E-state index contributed by atoms with van der Waals surface area (Å²) in [7, 11) is 1.48. The van der Waals surface area contributed by atoms with Crippen LogP contribution in [0.3, 0.4) is 0 Å². The van der Waals surface area contributed by atoms with Crippen molar-refractivity contribution in [2.24, 2.45) is 0 Å². The number of hydrogen-bond acceptors (Lipinski definition) is 4. The molecule has 0 fully saturated rings. The summed E-state index contributed by atoms with van der Waals surface area (Å²) in [6.07, 6.45) is 1.51. The first-order valence-electron chi connectivity index (χ1n) is 5.96. The number of carbonyl (C=O) groups is 1. The minimum absolute atomic E-state index is 0.136. The van der Waals surface area contributed by atoms with Gasteiger partial charge in [0.1, 0.15) is 17.3 Å². The van der Waals surface area contributed by atoms with E-state index in [1.54, 1.807) is 12.1 Å². The number of aromatic carboxylic acids is 1. The highest BCUT2D eigenvalue weighted by molar-refractivity contribution is 5.88. The number of methoxy groups -OCH3 is 1. The number of aromatic nitrogens is 1. The number of hydrogen-bond donors (Lipinski definition) is 2. The van der Waals surface area contributed by atoms with Gasteiger partial charge in [0, 0.05) is 18.8 Å². The molecule has 1 aromatic heterocycles. The zero-order valence-corrected chi connectivity index (χ0v) is 11.1. The van der Waals surface area contributed by atoms with Gasteiger partial charge in [0.25, 0.3) is 0 Å². The maximum atomic E-state index is 13.7. The number of ether oxygens (including phenoxy) is 1. The van der Waals surface area contributed by atoms with Crippen LogP contribution in [0.5, 0.6) is 5.88 Å². The van der Waals surface area contributed by atoms with Crippen LogP contribution in [0.4, 0.5) is 14.5 Å². The van der Waals surface area contributed by atoms with Crippen LogP contribution < -0.4 is 10.1 Å². The van der Waals surface area contributed by atoms with E-state index in [0.717, 1.165) is 12.1 Å². The lowest BCUT2D eigenvalue weighted by Gasteiger charge is -2.10. The van der Waals surface area contributed by atoms with Crippen LogP contribution in [0, 0.1) is 11.6 Å². The van der Waals surface area contributed by atoms with Gasteiger partial charge in [0.15, 0.2) is 0 Å². The van der Waals surface area contributed by atoms with E-state index in [-0.39, 0.29) is 12.2 Å². The second kappa shape index (κ2) is 6.17. The van der Waals surface area contributed by atoms with Gasteiger partial charge in [-0.25, -0.2) is 18.6 Å². The van der Waals surface area contributed by atoms with Crippen LogP contribution >= 0.6 is 0 Å². The summed E-state index contributed by atoms with van der Waals surface area (Å²) < 4.78 is 32.3. The van der Waals surface area contributed by atoms with Crippen molar-refractivity contribution in [3.63, 3.8) is 0 Å². The van der Waals surface area contributed by atoms with Crippen LogP contribution in [-0.4, -0.2) is 23.2 Å². The fourth-order valence-corrected chi connectivity index (χ4v) is 1.69. The minimum Gasteiger partial charge on any atom is -0.481 e. The van der Waals surface area contributed by atoms with Crippen molar-refractivity contribution in [1.82, 2.24) is 4.98 Å². The van der Waals surface area contributed by atoms with Crippen molar-refractivity contribution in [2.75, 3.05) is 12.4 Å². The van der Waals surface area contributed by atoms with Crippen molar-refractivity contribution in [3.05, 3.63) is 53.2 Å². The molecule has 5 nitrogen and oxygen atoms in total. The van der Waals surface area contributed by atoms with Gasteiger partial charge < -0.3 is 15.2 Å². The van der Waals surface area contributed by atoms with E-state index in [2.05, 4.69) is 10.3 Å². The third kappa shape index (κ3) is 3.44. The summed E-state index contributed by atoms with van der Waals surface area (Å²) >= 11 is 0. The Hall–Kier alpha value is -2.70. The van der Waals surface area contributed by atoms with Gasteiger partial charge >= 0.3 is 5.97 Å². The van der Waals surface area contributed by atoms with Crippen molar-refractivity contribution >= 4 is 11.7 Å². The summed E-state index contributed by atoms with van der Waals surface area (Å²) in [6.45, 7) is 0.136. The molecule has 0 aliphatic rings. The lowest BCUT2D eigenvalue weighted by Crippen LogP contribution is -2.07. The Kier molecular flexibility index (Phi) is 4.32. The summed E-state index contributed by atoms with van der Waals surface area (Å²) in [5.74, 6) is -2.89. The predicted molar refractivity (Wildman–Crippen MR) is 71.4 cm³/mol. The van der Waals surface area contributed by atoms with Crippen LogP contribution in [0.2, 0.25) is 0 Å². The highest BCUT2D eigenvalue weighted by atomic mass is 19.1. The van der Waals surface area contributed by atoms with E-state index in [4.69, 9.17) is 9.84 Å². The normalized spacial score (nSPS) is 10.2. The average Bonchev–Trinajstić information content (AvgIpc) is 2.46. The van der Waals surface area contributed by atoms with E-state index in [9.17, 15) is 13.6 Å². The number of pyridine rings is 1. The Morgan fingerprint density at radius 3 is 2.48 bits per heavy atom. The minimum atomic E-state index is -1.39. The molecule has 0 aliphatic heterocycles. The molecule has 2 aromatic rings. The van der Waals surface area contributed by atoms with E-state index in [0.29, 0.717) is 11.4 Å². The molecule has 0 saturated carbocycles. The van der Waals surface area contributed by atoms with Crippen molar-refractivity contribution < 1.29 is 23.4 Å². The van der Waals surface area contributed by atoms with Crippen LogP contribution in [-0.2, 0) is 6.54 Å². The molecule has 7 heteroatoms. The number of halogens is 2. The zero-order chi connectivity index (χ0) is 15.4. The first-order valence-corrected chi connectivity index (χ1v) is 5.96. The molecule has 0 saturated heterocycles. The standard InChI is InChI=1S/C14H12F2N2O3/c1-21-12-3-2-8(6-17-12)7-18-13-10(15)4-9(14(19)20)5-11(13)16/h2-6,18H,7H2,1H3,(H,19,20). The number of benzene rings is 1. The fraction of sp³-hybridized carbons (Fsp3) is 0.143. The average molecular weight is 294 g/mol. The number of rotatable bonds is 5. The van der Waals surface area contributed by atoms with Crippen LogP contribution in [0.15, 0.2) is 30.5 Å². The molecule has 0 atom stereocenters. The van der Waals surface area contributed by atoms with E-state index in [1.807, 2.05) is 0 Å². The Balaban J connectivity index is 2.14. The Morgan fingerprint density at radius 1 is 1.33 bits per heavy atom. The summed E-state index contributed by atoms with van der Waals surface area (Å²) in [4.78, 5) is 14.6. The molecule has 21 heavy (non-hydrogen) atoms. The van der Waals surface area contributed by atoms with E-state index in [1.165, 1.54) is 13.3 Å². The molecular formula is C14H12F2N2O3. The lowest BCUT2D eigenvalue weighted by atomic mass is 10.2. The van der Waals surface area contributed by atoms with Gasteiger partial charge in [-0.05, 0) is 17.7 Å². The van der Waals surface area contributed by atoms with Crippen LogP contribution in [0.1, 0.15) is 15.9 Å². The van der Waals surface area contributed by atoms with Gasteiger partial charge in [-0.2, -0.15) is 0 Å². The topological polar surface area (TPSA) is 71.5 Å². The smallest absolute Gasteiger partial charge is 0.335 e. The molecule has 0 bridgehead atoms. The summed E-state index contributed by atoms with van der Waals surface area (Å²) in [6, 6.07) is 4.84. The molecule has 110 valence electrons. The van der Waals surface area contributed by atoms with Crippen LogP contribution in [0.25, 0.3) is 0 Å². The number of nitrogens with one attached hydrogen (secondary N) is 1. The van der Waals surface area contributed by atoms with Gasteiger partial charge in [0.2, 0.25) is 5.88 Å². The monoisotopic (exact) mass is 294 g/mol. The Bertz CT molecular complexity index is 637. The molecule has 1 aromatic carbocycles. The van der Waals surface area contributed by atoms with Crippen molar-refractivity contribution in [2.45, 2.75) is 6.54 Å². The lowest BCUT2D eigenvalue weighted by molar-refractivity contribution is 0.0696. The number of nitrogens with zero attached hydrogens (tertiary/aromatic N) is 1. The first-order chi connectivity index (χ1) is 10.0. The fourth-order valence-electron chi connectivity index (χ4n) is 1.69. The second-order valence-corrected chi connectivity index (χ2v) is 4.18. The first kappa shape index (κ1) is 14.7. The molecule has 0 spiro atoms. The predicted octanol–water partition coefficient (Wildman–Crippen LogP) is 2.68. The molecule has 0 unspecified atom stereocenters. The molecule has 0 radical (unpaired) electrons. The van der Waals surface area contributed by atoms with Crippen molar-refractivity contribution in [3.8, 4) is 5.88 Å². The highest BCUT2D eigenvalue weighted by Gasteiger charge is 2.14. The third-order valence-corrected chi connectivity index (χ3v) is 2.77. The number of anilines is 1. The Morgan fingerprint density at radius 2 is 2.00 bits per heavy atom. The molecular weight excluding hydrogens is 282 g/mol. The van der Waals surface area contributed by atoms with E-state index < -0.39 is 23.2 Å². The van der Waals surface area contributed by atoms with Gasteiger partial charge in [-0.3, -0.25) is 0 Å². The maximum Gasteiger partial charge on any atom is 0.335 e. The number of carboxylic acid groups (broad SMARTS) is 1. The molecule has 0 amide bonds. The zero-order valence-electron chi connectivity index (χ0n) is 11.1. The molecule has 0 aliphatic carbocycles. The van der Waals surface area contributed by atoms with Gasteiger partial charge in [0.05, 0.1) is 12.7 Å². The largest absolute Gasteiger partial charge is 0.481 e. The summed E-state index contributed by atoms with van der Waals surface area (Å²) in [5, 5.41) is 11.3. The molecule has 1 heterocycles. The van der Waals surface area contributed by atoms with Crippen molar-refractivity contribution in [1.29, 1.82) is 0 Å². The number of carboxylic acids is 1. The van der Waals surface area contributed by atoms with E-state index >= 15 is 0 Å². The highest BCUT2D eigenvalue weighted by Crippen LogP contribution is 2.21. The quantitative estimate of drug-likeness (QED) is 0.887. The molecule has 2 rings (SSSR count). The molecule has 2 N–H and O–H groups in total. The summed E-state index contributed by atoms with van der Waals surface area (Å²) in [5.41, 5.74) is -0.130.